The Labute approximate surface area is 346 Å². The first kappa shape index (κ1) is 44.9. The van der Waals surface area contributed by atoms with E-state index in [4.69, 9.17) is 9.47 Å². The topological polar surface area (TPSA) is 185 Å². The molecule has 0 bridgehead atoms. The number of aromatic nitrogens is 1. The number of carbonyl (C=O) groups is 4. The summed E-state index contributed by atoms with van der Waals surface area (Å²) in [5.74, 6) is -7.08. The molecule has 8 atom stereocenters. The monoisotopic (exact) mass is 867 g/mol. The van der Waals surface area contributed by atoms with Crippen molar-refractivity contribution in [2.45, 2.75) is 133 Å². The van der Waals surface area contributed by atoms with Gasteiger partial charge in [0, 0.05) is 30.0 Å². The molecule has 0 spiro atoms. The van der Waals surface area contributed by atoms with Crippen LogP contribution in [0.15, 0.2) is 36.5 Å². The number of carbonyl (C=O) groups excluding carboxylic acids is 3. The average molecular weight is 868 g/mol. The molecule has 1 aromatic heterocycles. The van der Waals surface area contributed by atoms with Crippen molar-refractivity contribution >= 4 is 44.6 Å². The molecule has 2 aromatic rings. The summed E-state index contributed by atoms with van der Waals surface area (Å²) in [6, 6.07) is -5.28. The number of nitrogens with zero attached hydrogens (tertiary/aromatic N) is 3. The van der Waals surface area contributed by atoms with Crippen LogP contribution in [0.25, 0.3) is 10.8 Å². The minimum absolute atomic E-state index is 0.0168. The molecule has 14 nitrogen and oxygen atoms in total. The Hall–Kier alpha value is -4.68. The van der Waals surface area contributed by atoms with Crippen LogP contribution < -0.4 is 19.5 Å². The van der Waals surface area contributed by atoms with Crippen LogP contribution in [0, 0.1) is 23.6 Å². The van der Waals surface area contributed by atoms with E-state index in [-0.39, 0.29) is 60.7 Å². The number of carboxylic acid groups (broad SMARTS) is 1. The van der Waals surface area contributed by atoms with Crippen LogP contribution in [0.4, 0.5) is 22.4 Å². The maximum atomic E-state index is 17.6. The van der Waals surface area contributed by atoms with Crippen LogP contribution in [0.2, 0.25) is 0 Å². The van der Waals surface area contributed by atoms with Crippen LogP contribution in [-0.4, -0.2) is 105 Å². The molecule has 1 saturated heterocycles. The number of benzene rings is 1. The van der Waals surface area contributed by atoms with E-state index in [1.54, 1.807) is 32.9 Å². The summed E-state index contributed by atoms with van der Waals surface area (Å²) in [7, 11) is -4.57. The lowest BCUT2D eigenvalue weighted by Gasteiger charge is -2.42. The molecule has 3 N–H and O–H groups in total. The predicted octanol–water partition coefficient (Wildman–Crippen LogP) is 6.09. The Kier molecular flexibility index (Phi) is 12.2. The molecule has 6 rings (SSSR count). The van der Waals surface area contributed by atoms with E-state index in [0.29, 0.717) is 18.2 Å². The highest BCUT2D eigenvalue weighted by atomic mass is 32.2. The van der Waals surface area contributed by atoms with Gasteiger partial charge in [-0.25, -0.2) is 27.0 Å². The Morgan fingerprint density at radius 2 is 1.87 bits per heavy atom. The highest BCUT2D eigenvalue weighted by molar-refractivity contribution is 7.91. The fourth-order valence-corrected chi connectivity index (χ4v) is 10.1. The number of fused-ring (bicyclic) bond motifs is 3. The summed E-state index contributed by atoms with van der Waals surface area (Å²) >= 11 is 0. The fraction of sp³-hybridized carbons (Fsp3) is 0.634. The Bertz CT molecular complexity index is 2170. The quantitative estimate of drug-likeness (QED) is 0.136. The standard InChI is InChI=1S/C41H53F4N5O9S/c1-7-25(5)49(37(54)55)32-24(4)17-23(3)11-9-10-12-27-20-40(27,36(53)48-60(56,57)39(22-42)14-15-39)47-33(51)30-21-38(6,41(44,45)50(30)35(32)52)59-34-28-19-29(43)31(58-8-2)18-26(28)13-16-46-34/h10,12-13,16,18-19,23-25,27,30,32H,7-9,11,14-15,17,20-22H2,1-6H3,(H,47,51)(H,48,53)(H,54,55)/b12-10-/t23-,24+,25?,27+,30-,32-,38+,40+/m0/s1. The Balaban J connectivity index is 1.48. The molecule has 1 aromatic carbocycles. The number of hydrogen-bond acceptors (Lipinski definition) is 9. The lowest BCUT2D eigenvalue weighted by molar-refractivity contribution is -0.219. The summed E-state index contributed by atoms with van der Waals surface area (Å²) in [5, 5.41) is 13.3. The van der Waals surface area contributed by atoms with Gasteiger partial charge in [0.05, 0.1) is 6.61 Å². The van der Waals surface area contributed by atoms with Gasteiger partial charge in [0.2, 0.25) is 21.8 Å². The maximum Gasteiger partial charge on any atom is 0.408 e. The zero-order valence-corrected chi connectivity index (χ0v) is 35.3. The van der Waals surface area contributed by atoms with Crippen molar-refractivity contribution in [2.75, 3.05) is 13.3 Å². The molecule has 330 valence electrons. The van der Waals surface area contributed by atoms with Crippen molar-refractivity contribution in [3.8, 4) is 11.6 Å². The second-order valence-electron chi connectivity index (χ2n) is 17.1. The first-order valence-corrected chi connectivity index (χ1v) is 21.8. The molecule has 19 heteroatoms. The number of rotatable bonds is 11. The van der Waals surface area contributed by atoms with Crippen molar-refractivity contribution in [2.24, 2.45) is 17.8 Å². The van der Waals surface area contributed by atoms with E-state index in [1.165, 1.54) is 25.3 Å². The normalized spacial score (nSPS) is 31.0. The number of nitrogens with one attached hydrogen (secondary N) is 2. The number of allylic oxidation sites excluding steroid dienone is 1. The molecule has 2 aliphatic heterocycles. The molecule has 4 aliphatic rings. The SMILES string of the molecule is CCOc1cc2ccnc(O[C@]3(C)C[C@H]4C(=O)N[C@]5(C(=O)NS(=O)(=O)C6(CF)CC6)C[C@H]5/C=C\CC[C@H](C)C[C@@H](C)[C@H](N(C(=O)O)C(C)CC)C(=O)N4C3(F)F)c2cc1F. The van der Waals surface area contributed by atoms with Crippen LogP contribution in [0.5, 0.6) is 11.6 Å². The first-order chi connectivity index (χ1) is 28.1. The van der Waals surface area contributed by atoms with Gasteiger partial charge >= 0.3 is 12.1 Å². The Morgan fingerprint density at radius 1 is 1.17 bits per heavy atom. The molecule has 3 heterocycles. The van der Waals surface area contributed by atoms with E-state index in [9.17, 15) is 32.3 Å². The van der Waals surface area contributed by atoms with Gasteiger partial charge in [-0.1, -0.05) is 32.9 Å². The third-order valence-corrected chi connectivity index (χ3v) is 14.8. The molecule has 2 aliphatic carbocycles. The smallest absolute Gasteiger partial charge is 0.408 e. The number of hydrogen-bond donors (Lipinski definition) is 3. The summed E-state index contributed by atoms with van der Waals surface area (Å²) in [6.07, 6.45) is 3.34. The van der Waals surface area contributed by atoms with Crippen molar-refractivity contribution in [3.05, 3.63) is 42.4 Å². The van der Waals surface area contributed by atoms with Gasteiger partial charge in [-0.15, -0.1) is 0 Å². The third-order valence-electron chi connectivity index (χ3n) is 12.7. The second-order valence-corrected chi connectivity index (χ2v) is 19.2. The van der Waals surface area contributed by atoms with Crippen molar-refractivity contribution in [1.82, 2.24) is 24.8 Å². The van der Waals surface area contributed by atoms with Crippen molar-refractivity contribution in [3.63, 3.8) is 0 Å². The van der Waals surface area contributed by atoms with Gasteiger partial charge in [-0.3, -0.25) is 28.9 Å². The number of halogens is 4. The van der Waals surface area contributed by atoms with Crippen LogP contribution in [0.3, 0.4) is 0 Å². The number of alkyl halides is 3. The van der Waals surface area contributed by atoms with Crippen molar-refractivity contribution < 1.29 is 59.7 Å². The lowest BCUT2D eigenvalue weighted by Crippen LogP contribution is -2.64. The summed E-state index contributed by atoms with van der Waals surface area (Å²) in [5.41, 5.74) is -4.79. The van der Waals surface area contributed by atoms with Crippen LogP contribution >= 0.6 is 0 Å². The van der Waals surface area contributed by atoms with E-state index in [2.05, 4.69) is 10.3 Å². The number of pyridine rings is 1. The van der Waals surface area contributed by atoms with Crippen LogP contribution in [0.1, 0.15) is 92.9 Å². The summed E-state index contributed by atoms with van der Waals surface area (Å²) < 4.78 is 102. The average Bonchev–Trinajstić information content (AvgIpc) is 4.10. The molecular formula is C41H53F4N5O9S. The molecule has 2 saturated carbocycles. The molecule has 3 fully saturated rings. The van der Waals surface area contributed by atoms with Gasteiger partial charge < -0.3 is 19.9 Å². The largest absolute Gasteiger partial charge is 0.491 e. The third kappa shape index (κ3) is 7.85. The van der Waals surface area contributed by atoms with Crippen molar-refractivity contribution in [1.29, 1.82) is 0 Å². The zero-order chi connectivity index (χ0) is 44.2. The predicted molar refractivity (Wildman–Crippen MR) is 211 cm³/mol. The fourth-order valence-electron chi connectivity index (χ4n) is 8.65. The number of amides is 4. The van der Waals surface area contributed by atoms with Gasteiger partial charge in [0.1, 0.15) is 29.0 Å². The molecule has 1 unspecified atom stereocenters. The molecular weight excluding hydrogens is 815 g/mol. The van der Waals surface area contributed by atoms with Gasteiger partial charge in [-0.05, 0) is 101 Å². The number of ether oxygens (including phenoxy) is 2. The minimum atomic E-state index is -4.57. The minimum Gasteiger partial charge on any atom is -0.491 e. The van der Waals surface area contributed by atoms with Gasteiger partial charge in [0.25, 0.3) is 11.8 Å². The Morgan fingerprint density at radius 3 is 2.48 bits per heavy atom. The highest BCUT2D eigenvalue weighted by Crippen LogP contribution is 2.51. The van der Waals surface area contributed by atoms with E-state index in [1.807, 2.05) is 11.6 Å². The first-order valence-electron chi connectivity index (χ1n) is 20.4. The molecule has 0 radical (unpaired) electrons. The molecule has 4 amide bonds. The van der Waals surface area contributed by atoms with Crippen LogP contribution in [-0.2, 0) is 24.4 Å². The van der Waals surface area contributed by atoms with E-state index < -0.39 is 111 Å². The molecule has 60 heavy (non-hydrogen) atoms. The summed E-state index contributed by atoms with van der Waals surface area (Å²) in [6.45, 7) is 8.16. The number of sulfonamides is 1. The second kappa shape index (κ2) is 16.3. The van der Waals surface area contributed by atoms with E-state index >= 15 is 18.0 Å². The summed E-state index contributed by atoms with van der Waals surface area (Å²) in [4.78, 5) is 61.6. The van der Waals surface area contributed by atoms with Gasteiger partial charge in [-0.2, -0.15) is 8.78 Å². The van der Waals surface area contributed by atoms with Gasteiger partial charge in [0.15, 0.2) is 17.2 Å². The maximum absolute atomic E-state index is 17.6. The lowest BCUT2D eigenvalue weighted by atomic mass is 9.86. The zero-order valence-electron chi connectivity index (χ0n) is 34.5. The van der Waals surface area contributed by atoms with E-state index in [0.717, 1.165) is 17.9 Å². The highest BCUT2D eigenvalue weighted by Gasteiger charge is 2.71.